The zero-order chi connectivity index (χ0) is 29.0. The first-order valence-electron chi connectivity index (χ1n) is 14.5. The van der Waals surface area contributed by atoms with Gasteiger partial charge in [-0.3, -0.25) is 9.59 Å². The summed E-state index contributed by atoms with van der Waals surface area (Å²) in [6.07, 6.45) is 4.73. The molecule has 1 aliphatic rings. The number of benzene rings is 3. The first-order chi connectivity index (χ1) is 19.9. The summed E-state index contributed by atoms with van der Waals surface area (Å²) in [5, 5.41) is 10.7. The molecule has 1 heterocycles. The van der Waals surface area contributed by atoms with Gasteiger partial charge in [0, 0.05) is 48.7 Å². The Morgan fingerprint density at radius 1 is 1.00 bits per heavy atom. The maximum Gasteiger partial charge on any atom is 0.244 e. The summed E-state index contributed by atoms with van der Waals surface area (Å²) < 4.78 is 0. The van der Waals surface area contributed by atoms with Crippen molar-refractivity contribution in [3.63, 3.8) is 0 Å². The third-order valence-electron chi connectivity index (χ3n) is 7.41. The van der Waals surface area contributed by atoms with E-state index in [1.807, 2.05) is 29.2 Å². The van der Waals surface area contributed by atoms with Crippen LogP contribution in [0.4, 0.5) is 0 Å². The molecule has 6 nitrogen and oxygen atoms in total. The first-order valence-corrected chi connectivity index (χ1v) is 14.9. The lowest BCUT2D eigenvalue weighted by molar-refractivity contribution is -0.133. The maximum atomic E-state index is 13.9. The molecule has 3 aromatic rings. The van der Waals surface area contributed by atoms with Gasteiger partial charge in [0.15, 0.2) is 0 Å². The Kier molecular flexibility index (Phi) is 11.6. The fraction of sp³-hybridized carbons (Fsp3) is 0.353. The van der Waals surface area contributed by atoms with Crippen molar-refractivity contribution in [2.45, 2.75) is 50.7 Å². The van der Waals surface area contributed by atoms with E-state index in [1.165, 1.54) is 17.2 Å². The summed E-state index contributed by atoms with van der Waals surface area (Å²) in [7, 11) is 0. The largest absolute Gasteiger partial charge is 0.351 e. The number of hydrogen-bond acceptors (Lipinski definition) is 4. The van der Waals surface area contributed by atoms with Gasteiger partial charge in [0.1, 0.15) is 0 Å². The molecule has 2 atom stereocenters. The molecule has 0 radical (unpaired) electrons. The molecule has 0 saturated carbocycles. The number of amides is 2. The molecule has 4 rings (SSSR count). The monoisotopic (exact) mass is 572 g/mol. The third kappa shape index (κ3) is 9.56. The standard InChI is InChI=1S/C34H41ClN4O2/c1-25(2)36-21-19-32-34(41)39(24-31(27-9-5-3-6-10-27)28-11-7-4-8-12-28)22-20-30(38-32)23-37-33(40)18-15-26-13-16-29(35)17-14-26/h3-18,25,30-32,36,38H,19-24H2,1-2H3,(H,37,40)/b18-15+. The second-order valence-corrected chi connectivity index (χ2v) is 11.3. The third-order valence-corrected chi connectivity index (χ3v) is 7.66. The van der Waals surface area contributed by atoms with Gasteiger partial charge < -0.3 is 20.9 Å². The first kappa shape index (κ1) is 30.5. The summed E-state index contributed by atoms with van der Waals surface area (Å²) in [4.78, 5) is 28.5. The Bertz CT molecular complexity index is 1230. The van der Waals surface area contributed by atoms with Crippen molar-refractivity contribution < 1.29 is 9.59 Å². The Morgan fingerprint density at radius 3 is 2.24 bits per heavy atom. The average molecular weight is 573 g/mol. The van der Waals surface area contributed by atoms with Crippen LogP contribution in [0.5, 0.6) is 0 Å². The molecule has 2 unspecified atom stereocenters. The Hall–Kier alpha value is -3.45. The van der Waals surface area contributed by atoms with Crippen LogP contribution in [0.15, 0.2) is 91.0 Å². The van der Waals surface area contributed by atoms with E-state index in [4.69, 9.17) is 11.6 Å². The van der Waals surface area contributed by atoms with Gasteiger partial charge in [0.05, 0.1) is 6.04 Å². The van der Waals surface area contributed by atoms with Crippen LogP contribution in [-0.2, 0) is 9.59 Å². The summed E-state index contributed by atoms with van der Waals surface area (Å²) in [6.45, 7) is 6.62. The minimum atomic E-state index is -0.331. The highest BCUT2D eigenvalue weighted by Gasteiger charge is 2.32. The van der Waals surface area contributed by atoms with Crippen LogP contribution in [-0.4, -0.2) is 61.0 Å². The topological polar surface area (TPSA) is 73.5 Å². The highest BCUT2D eigenvalue weighted by molar-refractivity contribution is 6.30. The molecule has 216 valence electrons. The van der Waals surface area contributed by atoms with E-state index < -0.39 is 0 Å². The van der Waals surface area contributed by atoms with Gasteiger partial charge in [-0.25, -0.2) is 0 Å². The average Bonchev–Trinajstić information content (AvgIpc) is 3.13. The molecule has 7 heteroatoms. The molecular formula is C34H41ClN4O2. The molecule has 3 N–H and O–H groups in total. The van der Waals surface area contributed by atoms with E-state index in [0.717, 1.165) is 18.5 Å². The van der Waals surface area contributed by atoms with Crippen molar-refractivity contribution in [1.29, 1.82) is 0 Å². The van der Waals surface area contributed by atoms with Gasteiger partial charge in [-0.1, -0.05) is 98.2 Å². The molecule has 3 aromatic carbocycles. The van der Waals surface area contributed by atoms with Crippen molar-refractivity contribution >= 4 is 29.5 Å². The maximum absolute atomic E-state index is 13.9. The van der Waals surface area contributed by atoms with Crippen LogP contribution in [0.2, 0.25) is 5.02 Å². The Balaban J connectivity index is 1.45. The molecule has 41 heavy (non-hydrogen) atoms. The number of nitrogens with zero attached hydrogens (tertiary/aromatic N) is 1. The van der Waals surface area contributed by atoms with Crippen LogP contribution in [0.1, 0.15) is 49.3 Å². The van der Waals surface area contributed by atoms with E-state index in [-0.39, 0.29) is 29.8 Å². The van der Waals surface area contributed by atoms with Crippen molar-refractivity contribution in [2.75, 3.05) is 26.2 Å². The normalized spacial score (nSPS) is 17.8. The summed E-state index contributed by atoms with van der Waals surface area (Å²) in [5.41, 5.74) is 3.29. The van der Waals surface area contributed by atoms with Crippen molar-refractivity contribution in [3.8, 4) is 0 Å². The lowest BCUT2D eigenvalue weighted by atomic mass is 9.90. The fourth-order valence-corrected chi connectivity index (χ4v) is 5.30. The summed E-state index contributed by atoms with van der Waals surface area (Å²) in [6, 6.07) is 28.1. The molecular weight excluding hydrogens is 532 g/mol. The van der Waals surface area contributed by atoms with Gasteiger partial charge in [-0.2, -0.15) is 0 Å². The highest BCUT2D eigenvalue weighted by atomic mass is 35.5. The molecule has 0 aromatic heterocycles. The highest BCUT2D eigenvalue weighted by Crippen LogP contribution is 2.27. The molecule has 0 bridgehead atoms. The molecule has 0 aliphatic carbocycles. The van der Waals surface area contributed by atoms with Crippen LogP contribution in [0, 0.1) is 0 Å². The lowest BCUT2D eigenvalue weighted by Crippen LogP contribution is -2.50. The number of carbonyl (C=O) groups is 2. The fourth-order valence-electron chi connectivity index (χ4n) is 5.17. The van der Waals surface area contributed by atoms with Gasteiger partial charge in [0.25, 0.3) is 0 Å². The van der Waals surface area contributed by atoms with Crippen molar-refractivity contribution in [1.82, 2.24) is 20.9 Å². The zero-order valence-corrected chi connectivity index (χ0v) is 24.7. The molecule has 1 saturated heterocycles. The molecule has 1 fully saturated rings. The van der Waals surface area contributed by atoms with Gasteiger partial charge in [-0.05, 0) is 54.3 Å². The second kappa shape index (κ2) is 15.5. The predicted molar refractivity (Wildman–Crippen MR) is 168 cm³/mol. The van der Waals surface area contributed by atoms with Crippen molar-refractivity contribution in [2.24, 2.45) is 0 Å². The van der Waals surface area contributed by atoms with Crippen molar-refractivity contribution in [3.05, 3.63) is 113 Å². The number of nitrogens with one attached hydrogen (secondary N) is 3. The van der Waals surface area contributed by atoms with E-state index in [2.05, 4.69) is 78.3 Å². The van der Waals surface area contributed by atoms with Crippen LogP contribution < -0.4 is 16.0 Å². The van der Waals surface area contributed by atoms with E-state index in [0.29, 0.717) is 37.1 Å². The number of rotatable bonds is 12. The Labute approximate surface area is 249 Å². The molecule has 1 aliphatic heterocycles. The van der Waals surface area contributed by atoms with Crippen LogP contribution in [0.3, 0.4) is 0 Å². The lowest BCUT2D eigenvalue weighted by Gasteiger charge is -2.29. The zero-order valence-electron chi connectivity index (χ0n) is 23.9. The summed E-state index contributed by atoms with van der Waals surface area (Å²) in [5.74, 6) is 0.0225. The SMILES string of the molecule is CC(C)NCCC1NC(CNC(=O)/C=C/c2ccc(Cl)cc2)CCN(CC(c2ccccc2)c2ccccc2)C1=O. The minimum Gasteiger partial charge on any atom is -0.351 e. The molecule has 2 amide bonds. The molecule has 0 spiro atoms. The quantitative estimate of drug-likeness (QED) is 0.259. The Morgan fingerprint density at radius 2 is 1.63 bits per heavy atom. The predicted octanol–water partition coefficient (Wildman–Crippen LogP) is 5.25. The number of carbonyl (C=O) groups excluding carboxylic acids is 2. The summed E-state index contributed by atoms with van der Waals surface area (Å²) >= 11 is 5.95. The second-order valence-electron chi connectivity index (χ2n) is 10.9. The number of halogens is 1. The van der Waals surface area contributed by atoms with Gasteiger partial charge >= 0.3 is 0 Å². The smallest absolute Gasteiger partial charge is 0.244 e. The minimum absolute atomic E-state index is 0.0206. The number of hydrogen-bond donors (Lipinski definition) is 3. The van der Waals surface area contributed by atoms with E-state index in [9.17, 15) is 9.59 Å². The van der Waals surface area contributed by atoms with Crippen LogP contribution in [0.25, 0.3) is 6.08 Å². The van der Waals surface area contributed by atoms with E-state index in [1.54, 1.807) is 18.2 Å². The van der Waals surface area contributed by atoms with E-state index >= 15 is 0 Å². The van der Waals surface area contributed by atoms with Gasteiger partial charge in [-0.15, -0.1) is 0 Å². The van der Waals surface area contributed by atoms with Crippen LogP contribution >= 0.6 is 11.6 Å². The van der Waals surface area contributed by atoms with Gasteiger partial charge in [0.2, 0.25) is 11.8 Å².